The van der Waals surface area contributed by atoms with Crippen LogP contribution >= 0.6 is 11.6 Å². The largest absolute Gasteiger partial charge is 0.492 e. The van der Waals surface area contributed by atoms with Crippen LogP contribution in [0.15, 0.2) is 59.5 Å². The van der Waals surface area contributed by atoms with E-state index < -0.39 is 22.0 Å². The van der Waals surface area contributed by atoms with Crippen LogP contribution in [-0.2, 0) is 14.8 Å². The molecule has 0 radical (unpaired) electrons. The van der Waals surface area contributed by atoms with Gasteiger partial charge in [0, 0.05) is 5.02 Å². The minimum atomic E-state index is -3.83. The van der Waals surface area contributed by atoms with Gasteiger partial charge in [0.2, 0.25) is 15.9 Å². The van der Waals surface area contributed by atoms with E-state index in [0.29, 0.717) is 10.8 Å². The summed E-state index contributed by atoms with van der Waals surface area (Å²) >= 11 is 5.80. The van der Waals surface area contributed by atoms with Crippen molar-refractivity contribution in [1.82, 2.24) is 10.0 Å². The highest BCUT2D eigenvalue weighted by molar-refractivity contribution is 7.89. The van der Waals surface area contributed by atoms with E-state index in [1.165, 1.54) is 25.1 Å². The molecule has 0 aliphatic rings. The van der Waals surface area contributed by atoms with Crippen LogP contribution in [0.25, 0.3) is 0 Å². The van der Waals surface area contributed by atoms with Gasteiger partial charge in [-0.2, -0.15) is 4.72 Å². The van der Waals surface area contributed by atoms with Crippen molar-refractivity contribution in [2.45, 2.75) is 17.9 Å². The fourth-order valence-electron chi connectivity index (χ4n) is 2.00. The fraction of sp³-hybridized carbons (Fsp3) is 0.235. The van der Waals surface area contributed by atoms with Gasteiger partial charge in [0.15, 0.2) is 0 Å². The predicted molar refractivity (Wildman–Crippen MR) is 96.2 cm³/mol. The SMILES string of the molecule is C[C@@H](NS(=O)(=O)c1cccc(Cl)c1)C(=O)NCCOc1ccccc1. The van der Waals surface area contributed by atoms with Crippen molar-refractivity contribution < 1.29 is 17.9 Å². The first-order chi connectivity index (χ1) is 11.9. The Morgan fingerprint density at radius 2 is 1.88 bits per heavy atom. The molecule has 0 aliphatic heterocycles. The number of benzene rings is 2. The molecule has 0 unspecified atom stereocenters. The van der Waals surface area contributed by atoms with E-state index in [9.17, 15) is 13.2 Å². The van der Waals surface area contributed by atoms with Crippen molar-refractivity contribution in [2.24, 2.45) is 0 Å². The number of hydrogen-bond acceptors (Lipinski definition) is 4. The summed E-state index contributed by atoms with van der Waals surface area (Å²) in [6.07, 6.45) is 0. The molecule has 0 saturated carbocycles. The molecular formula is C17H19ClN2O4S. The maximum Gasteiger partial charge on any atom is 0.241 e. The van der Waals surface area contributed by atoms with Crippen LogP contribution in [-0.4, -0.2) is 33.5 Å². The lowest BCUT2D eigenvalue weighted by atomic mass is 10.3. The van der Waals surface area contributed by atoms with E-state index in [4.69, 9.17) is 16.3 Å². The number of amides is 1. The van der Waals surface area contributed by atoms with Crippen molar-refractivity contribution in [3.05, 3.63) is 59.6 Å². The molecule has 8 heteroatoms. The topological polar surface area (TPSA) is 84.5 Å². The average Bonchev–Trinajstić information content (AvgIpc) is 2.59. The molecule has 0 aromatic heterocycles. The van der Waals surface area contributed by atoms with Gasteiger partial charge >= 0.3 is 0 Å². The summed E-state index contributed by atoms with van der Waals surface area (Å²) in [7, 11) is -3.83. The Balaban J connectivity index is 1.81. The van der Waals surface area contributed by atoms with E-state index in [0.717, 1.165) is 0 Å². The Kier molecular flexibility index (Phi) is 6.81. The monoisotopic (exact) mass is 382 g/mol. The minimum absolute atomic E-state index is 0.00654. The molecule has 1 amide bonds. The zero-order valence-corrected chi connectivity index (χ0v) is 15.2. The van der Waals surface area contributed by atoms with Gasteiger partial charge in [-0.05, 0) is 37.3 Å². The zero-order chi connectivity index (χ0) is 18.3. The fourth-order valence-corrected chi connectivity index (χ4v) is 3.50. The third-order valence-corrected chi connectivity index (χ3v) is 5.02. The predicted octanol–water partition coefficient (Wildman–Crippen LogP) is 2.20. The number of rotatable bonds is 8. The smallest absolute Gasteiger partial charge is 0.241 e. The van der Waals surface area contributed by atoms with Crippen molar-refractivity contribution in [2.75, 3.05) is 13.2 Å². The molecule has 0 fully saturated rings. The van der Waals surface area contributed by atoms with Gasteiger partial charge in [-0.1, -0.05) is 35.9 Å². The quantitative estimate of drug-likeness (QED) is 0.685. The molecule has 0 aliphatic carbocycles. The number of carbonyl (C=O) groups is 1. The molecule has 2 rings (SSSR count). The van der Waals surface area contributed by atoms with Gasteiger partial charge in [0.1, 0.15) is 12.4 Å². The van der Waals surface area contributed by atoms with E-state index in [-0.39, 0.29) is 18.0 Å². The van der Waals surface area contributed by atoms with E-state index in [2.05, 4.69) is 10.0 Å². The van der Waals surface area contributed by atoms with Crippen molar-refractivity contribution in [3.63, 3.8) is 0 Å². The number of halogens is 1. The standard InChI is InChI=1S/C17H19ClN2O4S/c1-13(20-25(22,23)16-9-5-6-14(18)12-16)17(21)19-10-11-24-15-7-3-2-4-8-15/h2-9,12-13,20H,10-11H2,1H3,(H,19,21)/t13-/m1/s1. The summed E-state index contributed by atoms with van der Waals surface area (Å²) in [4.78, 5) is 12.0. The molecule has 2 aromatic rings. The van der Waals surface area contributed by atoms with E-state index >= 15 is 0 Å². The molecule has 25 heavy (non-hydrogen) atoms. The van der Waals surface area contributed by atoms with Gasteiger partial charge in [-0.25, -0.2) is 8.42 Å². The number of hydrogen-bond donors (Lipinski definition) is 2. The molecule has 0 spiro atoms. The molecule has 6 nitrogen and oxygen atoms in total. The van der Waals surface area contributed by atoms with Crippen LogP contribution in [0.1, 0.15) is 6.92 Å². The maximum absolute atomic E-state index is 12.2. The number of nitrogens with one attached hydrogen (secondary N) is 2. The molecule has 0 saturated heterocycles. The van der Waals surface area contributed by atoms with Crippen LogP contribution in [0.2, 0.25) is 5.02 Å². The number of ether oxygens (including phenoxy) is 1. The first-order valence-corrected chi connectivity index (χ1v) is 9.48. The second-order valence-corrected chi connectivity index (χ2v) is 7.40. The Morgan fingerprint density at radius 3 is 2.56 bits per heavy atom. The zero-order valence-electron chi connectivity index (χ0n) is 13.6. The van der Waals surface area contributed by atoms with Gasteiger partial charge in [0.25, 0.3) is 0 Å². The summed E-state index contributed by atoms with van der Waals surface area (Å²) < 4.78 is 32.2. The third kappa shape index (κ3) is 6.04. The highest BCUT2D eigenvalue weighted by Crippen LogP contribution is 2.15. The van der Waals surface area contributed by atoms with Crippen LogP contribution in [0.3, 0.4) is 0 Å². The van der Waals surface area contributed by atoms with E-state index in [1.807, 2.05) is 30.3 Å². The summed E-state index contributed by atoms with van der Waals surface area (Å²) in [5, 5.41) is 2.92. The van der Waals surface area contributed by atoms with Crippen molar-refractivity contribution >= 4 is 27.5 Å². The van der Waals surface area contributed by atoms with E-state index in [1.54, 1.807) is 6.07 Å². The second-order valence-electron chi connectivity index (χ2n) is 5.25. The van der Waals surface area contributed by atoms with Crippen LogP contribution in [0, 0.1) is 0 Å². The first-order valence-electron chi connectivity index (χ1n) is 7.62. The summed E-state index contributed by atoms with van der Waals surface area (Å²) in [6.45, 7) is 2.01. The number of carbonyl (C=O) groups excluding carboxylic acids is 1. The molecule has 1 atom stereocenters. The molecule has 2 N–H and O–H groups in total. The van der Waals surface area contributed by atoms with Gasteiger partial charge in [0.05, 0.1) is 17.5 Å². The Hall–Kier alpha value is -2.09. The van der Waals surface area contributed by atoms with Crippen LogP contribution in [0.5, 0.6) is 5.75 Å². The van der Waals surface area contributed by atoms with Crippen molar-refractivity contribution in [1.29, 1.82) is 0 Å². The van der Waals surface area contributed by atoms with Crippen LogP contribution < -0.4 is 14.8 Å². The normalized spacial score (nSPS) is 12.4. The molecule has 2 aromatic carbocycles. The van der Waals surface area contributed by atoms with Crippen LogP contribution in [0.4, 0.5) is 0 Å². The average molecular weight is 383 g/mol. The van der Waals surface area contributed by atoms with Gasteiger partial charge in [-0.15, -0.1) is 0 Å². The van der Waals surface area contributed by atoms with Gasteiger partial charge in [-0.3, -0.25) is 4.79 Å². The molecular weight excluding hydrogens is 364 g/mol. The maximum atomic E-state index is 12.2. The lowest BCUT2D eigenvalue weighted by Gasteiger charge is -2.15. The Morgan fingerprint density at radius 1 is 1.16 bits per heavy atom. The summed E-state index contributed by atoms with van der Waals surface area (Å²) in [5.41, 5.74) is 0. The highest BCUT2D eigenvalue weighted by Gasteiger charge is 2.21. The number of sulfonamides is 1. The Labute approximate surface area is 152 Å². The van der Waals surface area contributed by atoms with Crippen molar-refractivity contribution in [3.8, 4) is 5.75 Å². The molecule has 0 heterocycles. The first kappa shape index (κ1) is 19.2. The second kappa shape index (κ2) is 8.84. The summed E-state index contributed by atoms with van der Waals surface area (Å²) in [5.74, 6) is 0.258. The third-order valence-electron chi connectivity index (χ3n) is 3.24. The highest BCUT2D eigenvalue weighted by atomic mass is 35.5. The molecule has 134 valence electrons. The minimum Gasteiger partial charge on any atom is -0.492 e. The lowest BCUT2D eigenvalue weighted by Crippen LogP contribution is -2.45. The summed E-state index contributed by atoms with van der Waals surface area (Å²) in [6, 6.07) is 14.1. The number of para-hydroxylation sites is 1. The lowest BCUT2D eigenvalue weighted by molar-refractivity contribution is -0.122. The van der Waals surface area contributed by atoms with Gasteiger partial charge < -0.3 is 10.1 Å². The molecule has 0 bridgehead atoms. The Bertz CT molecular complexity index is 812.